The Hall–Kier alpha value is -1.02. The van der Waals surface area contributed by atoms with E-state index in [1.807, 2.05) is 12.1 Å². The second-order valence-electron chi connectivity index (χ2n) is 6.68. The quantitative estimate of drug-likeness (QED) is 0.866. The Labute approximate surface area is 117 Å². The zero-order valence-corrected chi connectivity index (χ0v) is 12.7. The van der Waals surface area contributed by atoms with Gasteiger partial charge in [0.15, 0.2) is 0 Å². The van der Waals surface area contributed by atoms with Gasteiger partial charge in [-0.15, -0.1) is 0 Å². The predicted octanol–water partition coefficient (Wildman–Crippen LogP) is 3.99. The molecule has 0 saturated carbocycles. The molecule has 106 valence electrons. The predicted molar refractivity (Wildman–Crippen MR) is 80.4 cm³/mol. The number of phenolic OH excluding ortho intramolecular Hbond substituents is 1. The topological polar surface area (TPSA) is 23.5 Å². The van der Waals surface area contributed by atoms with E-state index >= 15 is 0 Å². The van der Waals surface area contributed by atoms with Crippen LogP contribution < -0.4 is 0 Å². The van der Waals surface area contributed by atoms with Crippen LogP contribution in [-0.4, -0.2) is 23.1 Å². The molecule has 2 nitrogen and oxygen atoms in total. The fraction of sp³-hybridized carbons (Fsp3) is 0.647. The first-order valence-corrected chi connectivity index (χ1v) is 7.53. The van der Waals surface area contributed by atoms with Crippen LogP contribution in [0.1, 0.15) is 51.3 Å². The van der Waals surface area contributed by atoms with Crippen molar-refractivity contribution in [3.05, 3.63) is 29.3 Å². The first-order valence-electron chi connectivity index (χ1n) is 7.53. The zero-order valence-electron chi connectivity index (χ0n) is 12.7. The second-order valence-corrected chi connectivity index (χ2v) is 6.68. The molecule has 2 heteroatoms. The number of nitrogens with zero attached hydrogens (tertiary/aromatic N) is 1. The smallest absolute Gasteiger partial charge is 0.115 e. The molecule has 0 heterocycles. The largest absolute Gasteiger partial charge is 0.508 e. The van der Waals surface area contributed by atoms with E-state index in [2.05, 4.69) is 38.7 Å². The standard InChI is InChI=1S/C17H27NO/c1-12(2)10-18(11-13(3)4)17-8-5-14-9-15(19)6-7-16(14)17/h6-7,9,12-13,17,19H,5,8,10-11H2,1-4H3. The van der Waals surface area contributed by atoms with Gasteiger partial charge in [0.2, 0.25) is 0 Å². The van der Waals surface area contributed by atoms with Crippen LogP contribution in [0.2, 0.25) is 0 Å². The van der Waals surface area contributed by atoms with Gasteiger partial charge in [0.05, 0.1) is 0 Å². The fourth-order valence-electron chi connectivity index (χ4n) is 3.23. The van der Waals surface area contributed by atoms with Gasteiger partial charge in [-0.25, -0.2) is 0 Å². The van der Waals surface area contributed by atoms with E-state index in [0.717, 1.165) is 19.5 Å². The van der Waals surface area contributed by atoms with Gasteiger partial charge in [0.25, 0.3) is 0 Å². The van der Waals surface area contributed by atoms with Gasteiger partial charge in [0.1, 0.15) is 5.75 Å². The summed E-state index contributed by atoms with van der Waals surface area (Å²) < 4.78 is 0. The molecule has 0 radical (unpaired) electrons. The number of aryl methyl sites for hydroxylation is 1. The van der Waals surface area contributed by atoms with E-state index < -0.39 is 0 Å². The first kappa shape index (κ1) is 14.4. The maximum Gasteiger partial charge on any atom is 0.115 e. The van der Waals surface area contributed by atoms with Crippen LogP contribution in [-0.2, 0) is 6.42 Å². The van der Waals surface area contributed by atoms with Gasteiger partial charge in [-0.1, -0.05) is 33.8 Å². The Morgan fingerprint density at radius 1 is 1.16 bits per heavy atom. The van der Waals surface area contributed by atoms with Crippen molar-refractivity contribution in [1.82, 2.24) is 4.90 Å². The van der Waals surface area contributed by atoms with Crippen molar-refractivity contribution in [1.29, 1.82) is 0 Å². The molecule has 0 bridgehead atoms. The fourth-order valence-corrected chi connectivity index (χ4v) is 3.23. The summed E-state index contributed by atoms with van der Waals surface area (Å²) in [4.78, 5) is 2.64. The lowest BCUT2D eigenvalue weighted by atomic mass is 10.0. The third-order valence-electron chi connectivity index (χ3n) is 3.81. The van der Waals surface area contributed by atoms with Crippen LogP contribution in [0.5, 0.6) is 5.75 Å². The SMILES string of the molecule is CC(C)CN(CC(C)C)C1CCc2cc(O)ccc21. The maximum absolute atomic E-state index is 9.60. The minimum atomic E-state index is 0.402. The Kier molecular flexibility index (Phi) is 4.51. The van der Waals surface area contributed by atoms with Crippen molar-refractivity contribution < 1.29 is 5.11 Å². The molecule has 2 rings (SSSR count). The molecule has 0 fully saturated rings. The van der Waals surface area contributed by atoms with Gasteiger partial charge in [-0.3, -0.25) is 4.90 Å². The van der Waals surface area contributed by atoms with Crippen LogP contribution in [0, 0.1) is 11.8 Å². The highest BCUT2D eigenvalue weighted by molar-refractivity contribution is 5.40. The van der Waals surface area contributed by atoms with Crippen molar-refractivity contribution in [2.45, 2.75) is 46.6 Å². The number of benzene rings is 1. The number of phenols is 1. The van der Waals surface area contributed by atoms with Gasteiger partial charge >= 0.3 is 0 Å². The van der Waals surface area contributed by atoms with Crippen molar-refractivity contribution in [2.24, 2.45) is 11.8 Å². The number of hydrogen-bond acceptors (Lipinski definition) is 2. The highest BCUT2D eigenvalue weighted by atomic mass is 16.3. The molecular formula is C17H27NO. The Morgan fingerprint density at radius 3 is 2.37 bits per heavy atom. The molecular weight excluding hydrogens is 234 g/mol. The maximum atomic E-state index is 9.60. The van der Waals surface area contributed by atoms with E-state index in [0.29, 0.717) is 23.6 Å². The van der Waals surface area contributed by atoms with E-state index in [9.17, 15) is 5.11 Å². The van der Waals surface area contributed by atoms with E-state index in [1.54, 1.807) is 0 Å². The summed E-state index contributed by atoms with van der Waals surface area (Å²) >= 11 is 0. The Morgan fingerprint density at radius 2 is 1.79 bits per heavy atom. The lowest BCUT2D eigenvalue weighted by molar-refractivity contribution is 0.156. The lowest BCUT2D eigenvalue weighted by Gasteiger charge is -2.32. The third kappa shape index (κ3) is 3.50. The second kappa shape index (κ2) is 5.96. The number of rotatable bonds is 5. The molecule has 0 aromatic heterocycles. The van der Waals surface area contributed by atoms with Gasteiger partial charge < -0.3 is 5.11 Å². The van der Waals surface area contributed by atoms with Crippen LogP contribution >= 0.6 is 0 Å². The van der Waals surface area contributed by atoms with E-state index in [-0.39, 0.29) is 0 Å². The van der Waals surface area contributed by atoms with Crippen molar-refractivity contribution >= 4 is 0 Å². The summed E-state index contributed by atoms with van der Waals surface area (Å²) in [6, 6.07) is 6.44. The van der Waals surface area contributed by atoms with Crippen LogP contribution in [0.15, 0.2) is 18.2 Å². The molecule has 0 amide bonds. The highest BCUT2D eigenvalue weighted by Crippen LogP contribution is 2.37. The van der Waals surface area contributed by atoms with Crippen molar-refractivity contribution in [3.63, 3.8) is 0 Å². The van der Waals surface area contributed by atoms with Gasteiger partial charge in [0, 0.05) is 19.1 Å². The Balaban J connectivity index is 2.20. The number of fused-ring (bicyclic) bond motifs is 1. The minimum Gasteiger partial charge on any atom is -0.508 e. The summed E-state index contributed by atoms with van der Waals surface area (Å²) in [6.45, 7) is 11.5. The van der Waals surface area contributed by atoms with Crippen LogP contribution in [0.3, 0.4) is 0 Å². The summed E-state index contributed by atoms with van der Waals surface area (Å²) in [7, 11) is 0. The molecule has 0 saturated heterocycles. The van der Waals surface area contributed by atoms with Crippen LogP contribution in [0.25, 0.3) is 0 Å². The van der Waals surface area contributed by atoms with Crippen LogP contribution in [0.4, 0.5) is 0 Å². The number of aromatic hydroxyl groups is 1. The number of hydrogen-bond donors (Lipinski definition) is 1. The summed E-state index contributed by atoms with van der Waals surface area (Å²) in [6.07, 6.45) is 2.29. The molecule has 1 aromatic rings. The summed E-state index contributed by atoms with van der Waals surface area (Å²) in [5.74, 6) is 1.79. The molecule has 1 N–H and O–H groups in total. The molecule has 1 atom stereocenters. The van der Waals surface area contributed by atoms with E-state index in [4.69, 9.17) is 0 Å². The highest BCUT2D eigenvalue weighted by Gasteiger charge is 2.28. The van der Waals surface area contributed by atoms with Gasteiger partial charge in [-0.2, -0.15) is 0 Å². The molecule has 0 spiro atoms. The normalized spacial score (nSPS) is 18.6. The average molecular weight is 261 g/mol. The summed E-state index contributed by atoms with van der Waals surface area (Å²) in [5, 5.41) is 9.60. The Bertz CT molecular complexity index is 415. The lowest BCUT2D eigenvalue weighted by Crippen LogP contribution is -2.34. The van der Waals surface area contributed by atoms with Crippen molar-refractivity contribution in [2.75, 3.05) is 13.1 Å². The first-order chi connectivity index (χ1) is 8.97. The molecule has 0 aliphatic heterocycles. The molecule has 1 aromatic carbocycles. The zero-order chi connectivity index (χ0) is 14.0. The molecule has 1 aliphatic rings. The van der Waals surface area contributed by atoms with Crippen molar-refractivity contribution in [3.8, 4) is 5.75 Å². The third-order valence-corrected chi connectivity index (χ3v) is 3.81. The minimum absolute atomic E-state index is 0.402. The van der Waals surface area contributed by atoms with E-state index in [1.165, 1.54) is 17.5 Å². The van der Waals surface area contributed by atoms with Gasteiger partial charge in [-0.05, 0) is 47.9 Å². The average Bonchev–Trinajstić information content (AvgIpc) is 2.69. The summed E-state index contributed by atoms with van der Waals surface area (Å²) in [5.41, 5.74) is 2.77. The molecule has 1 unspecified atom stereocenters. The molecule has 19 heavy (non-hydrogen) atoms. The molecule has 1 aliphatic carbocycles. The monoisotopic (exact) mass is 261 g/mol.